The molecule has 0 spiro atoms. The molecule has 152 valence electrons. The number of rotatable bonds is 9. The van der Waals surface area contributed by atoms with Crippen LogP contribution >= 0.6 is 11.3 Å². The molecule has 0 bridgehead atoms. The Morgan fingerprint density at radius 3 is 2.34 bits per heavy atom. The number of nitrogens with zero attached hydrogens (tertiary/aromatic N) is 5. The third-order valence-electron chi connectivity index (χ3n) is 5.04. The third-order valence-corrected chi connectivity index (χ3v) is 5.87. The van der Waals surface area contributed by atoms with Gasteiger partial charge in [-0.05, 0) is 47.6 Å². The predicted molar refractivity (Wildman–Crippen MR) is 121 cm³/mol. The van der Waals surface area contributed by atoms with Crippen molar-refractivity contribution in [3.63, 3.8) is 0 Å². The van der Waals surface area contributed by atoms with Crippen LogP contribution in [0.5, 0.6) is 0 Å². The standard InChI is InChI=1S/C23H31N5S/c1-5-27(15-17-28(3,4)19-20-9-7-6-8-10-20)22-13-11-21(12-14-22)24-25-23-26(2)16-18-29-23/h6-14,16,18H,5,15,17,19H2,1-4H3/q+2. The lowest BCUT2D eigenvalue weighted by atomic mass is 10.2. The molecule has 0 saturated heterocycles. The van der Waals surface area contributed by atoms with Crippen LogP contribution in [0.2, 0.25) is 0 Å². The first-order valence-electron chi connectivity index (χ1n) is 10.0. The molecular formula is C23H31N5S+2. The minimum atomic E-state index is 0.874. The molecule has 0 unspecified atom stereocenters. The molecule has 0 amide bonds. The van der Waals surface area contributed by atoms with Crippen molar-refractivity contribution in [2.24, 2.45) is 17.3 Å². The summed E-state index contributed by atoms with van der Waals surface area (Å²) in [4.78, 5) is 2.42. The quantitative estimate of drug-likeness (QED) is 0.275. The first-order valence-corrected chi connectivity index (χ1v) is 10.9. The number of likely N-dealkylation sites (N-methyl/N-ethyl adjacent to an activating group) is 2. The van der Waals surface area contributed by atoms with Gasteiger partial charge in [0.25, 0.3) is 0 Å². The van der Waals surface area contributed by atoms with Crippen LogP contribution < -0.4 is 9.47 Å². The van der Waals surface area contributed by atoms with Gasteiger partial charge in [-0.2, -0.15) is 0 Å². The molecule has 2 aromatic carbocycles. The molecule has 0 aliphatic carbocycles. The molecule has 5 nitrogen and oxygen atoms in total. The Hall–Kier alpha value is -2.57. The van der Waals surface area contributed by atoms with E-state index in [1.165, 1.54) is 11.3 Å². The van der Waals surface area contributed by atoms with Crippen molar-refractivity contribution in [1.82, 2.24) is 0 Å². The molecule has 1 heterocycles. The van der Waals surface area contributed by atoms with E-state index in [4.69, 9.17) is 0 Å². The number of quaternary nitrogens is 1. The molecular weight excluding hydrogens is 378 g/mol. The molecule has 3 aromatic rings. The Morgan fingerprint density at radius 1 is 1.00 bits per heavy atom. The Morgan fingerprint density at radius 2 is 1.72 bits per heavy atom. The lowest BCUT2D eigenvalue weighted by Gasteiger charge is -2.33. The molecule has 29 heavy (non-hydrogen) atoms. The second-order valence-electron chi connectivity index (χ2n) is 7.90. The Balaban J connectivity index is 1.59. The van der Waals surface area contributed by atoms with E-state index in [2.05, 4.69) is 78.6 Å². The van der Waals surface area contributed by atoms with Crippen LogP contribution in [0.4, 0.5) is 16.5 Å². The first-order chi connectivity index (χ1) is 14.0. The van der Waals surface area contributed by atoms with Crippen molar-refractivity contribution in [1.29, 1.82) is 0 Å². The summed E-state index contributed by atoms with van der Waals surface area (Å²) in [7, 11) is 6.58. The van der Waals surface area contributed by atoms with E-state index in [1.54, 1.807) is 11.3 Å². The zero-order valence-corrected chi connectivity index (χ0v) is 18.6. The van der Waals surface area contributed by atoms with Crippen LogP contribution in [-0.4, -0.2) is 38.2 Å². The second kappa shape index (κ2) is 9.76. The van der Waals surface area contributed by atoms with Gasteiger partial charge in [0.05, 0.1) is 39.3 Å². The van der Waals surface area contributed by atoms with E-state index < -0.39 is 0 Å². The van der Waals surface area contributed by atoms with Crippen molar-refractivity contribution < 1.29 is 9.05 Å². The summed E-state index contributed by atoms with van der Waals surface area (Å²) in [5.74, 6) is 0. The summed E-state index contributed by atoms with van der Waals surface area (Å²) in [6.07, 6.45) is 1.99. The van der Waals surface area contributed by atoms with Crippen molar-refractivity contribution >= 4 is 27.8 Å². The SMILES string of the molecule is CCN(CC[N+](C)(C)Cc1ccccc1)c1ccc(/N=N/c2scc[n+]2C)cc1. The van der Waals surface area contributed by atoms with Crippen LogP contribution in [-0.2, 0) is 13.6 Å². The summed E-state index contributed by atoms with van der Waals surface area (Å²) in [5, 5.41) is 11.6. The van der Waals surface area contributed by atoms with Gasteiger partial charge in [0.1, 0.15) is 18.4 Å². The Kier molecular flexibility index (Phi) is 7.12. The third kappa shape index (κ3) is 6.21. The highest BCUT2D eigenvalue weighted by Crippen LogP contribution is 2.23. The average molecular weight is 410 g/mol. The van der Waals surface area contributed by atoms with Gasteiger partial charge in [-0.1, -0.05) is 30.3 Å². The van der Waals surface area contributed by atoms with Gasteiger partial charge in [-0.3, -0.25) is 0 Å². The van der Waals surface area contributed by atoms with E-state index in [0.717, 1.165) is 41.5 Å². The number of aromatic nitrogens is 1. The Bertz CT molecular complexity index is 916. The zero-order valence-electron chi connectivity index (χ0n) is 17.8. The van der Waals surface area contributed by atoms with E-state index in [0.29, 0.717) is 0 Å². The van der Waals surface area contributed by atoms with E-state index in [9.17, 15) is 0 Å². The fourth-order valence-corrected chi connectivity index (χ4v) is 3.95. The number of thiazole rings is 1. The highest BCUT2D eigenvalue weighted by molar-refractivity contribution is 7.12. The summed E-state index contributed by atoms with van der Waals surface area (Å²) in [5.41, 5.74) is 3.49. The van der Waals surface area contributed by atoms with Crippen LogP contribution in [0.3, 0.4) is 0 Å². The number of aryl methyl sites for hydroxylation is 1. The number of hydrogen-bond acceptors (Lipinski definition) is 4. The molecule has 3 rings (SSSR count). The summed E-state index contributed by atoms with van der Waals surface area (Å²) in [6.45, 7) is 6.33. The maximum Gasteiger partial charge on any atom is 0.408 e. The monoisotopic (exact) mass is 409 g/mol. The molecule has 0 saturated carbocycles. The lowest BCUT2D eigenvalue weighted by Crippen LogP contribution is -2.44. The van der Waals surface area contributed by atoms with E-state index in [-0.39, 0.29) is 0 Å². The number of hydrogen-bond donors (Lipinski definition) is 0. The van der Waals surface area contributed by atoms with Crippen molar-refractivity contribution in [2.45, 2.75) is 13.5 Å². The minimum Gasteiger partial charge on any atom is -0.366 e. The topological polar surface area (TPSA) is 31.8 Å². The molecule has 1 aromatic heterocycles. The van der Waals surface area contributed by atoms with Crippen LogP contribution in [0, 0.1) is 0 Å². The fourth-order valence-electron chi connectivity index (χ4n) is 3.27. The molecule has 0 radical (unpaired) electrons. The summed E-state index contributed by atoms with van der Waals surface area (Å²) in [6, 6.07) is 19.1. The maximum atomic E-state index is 4.36. The van der Waals surface area contributed by atoms with Crippen LogP contribution in [0.1, 0.15) is 12.5 Å². The van der Waals surface area contributed by atoms with Crippen LogP contribution in [0.15, 0.2) is 76.4 Å². The zero-order chi connectivity index (χ0) is 20.7. The van der Waals surface area contributed by atoms with E-state index >= 15 is 0 Å². The highest BCUT2D eigenvalue weighted by Gasteiger charge is 2.17. The molecule has 0 aliphatic heterocycles. The van der Waals surface area contributed by atoms with Crippen LogP contribution in [0.25, 0.3) is 0 Å². The van der Waals surface area contributed by atoms with Gasteiger partial charge in [-0.15, -0.1) is 0 Å². The van der Waals surface area contributed by atoms with Gasteiger partial charge in [0.2, 0.25) is 0 Å². The molecule has 0 atom stereocenters. The highest BCUT2D eigenvalue weighted by atomic mass is 32.1. The lowest BCUT2D eigenvalue weighted by molar-refractivity contribution is -0.902. The number of anilines is 1. The van der Waals surface area contributed by atoms with Crippen molar-refractivity contribution in [3.05, 3.63) is 71.7 Å². The van der Waals surface area contributed by atoms with Crippen molar-refractivity contribution in [3.8, 4) is 0 Å². The predicted octanol–water partition coefficient (Wildman–Crippen LogP) is 5.09. The normalized spacial score (nSPS) is 11.9. The summed E-state index contributed by atoms with van der Waals surface area (Å²) < 4.78 is 2.93. The van der Waals surface area contributed by atoms with Gasteiger partial charge in [0, 0.05) is 23.2 Å². The number of benzene rings is 2. The van der Waals surface area contributed by atoms with Gasteiger partial charge in [0.15, 0.2) is 0 Å². The minimum absolute atomic E-state index is 0.874. The molecule has 6 heteroatoms. The average Bonchev–Trinajstić information content (AvgIpc) is 3.13. The largest absolute Gasteiger partial charge is 0.408 e. The maximum absolute atomic E-state index is 4.36. The smallest absolute Gasteiger partial charge is 0.366 e. The summed E-state index contributed by atoms with van der Waals surface area (Å²) >= 11 is 1.58. The van der Waals surface area contributed by atoms with E-state index in [1.807, 2.05) is 35.3 Å². The van der Waals surface area contributed by atoms with Gasteiger partial charge < -0.3 is 9.38 Å². The first kappa shape index (κ1) is 21.1. The molecule has 0 fully saturated rings. The molecule has 0 N–H and O–H groups in total. The second-order valence-corrected chi connectivity index (χ2v) is 8.77. The Labute approximate surface area is 178 Å². The number of azo groups is 1. The van der Waals surface area contributed by atoms with Crippen molar-refractivity contribution in [2.75, 3.05) is 38.6 Å². The fraction of sp³-hybridized carbons (Fsp3) is 0.348. The molecule has 0 aliphatic rings. The van der Waals surface area contributed by atoms with Gasteiger partial charge >= 0.3 is 5.13 Å². The van der Waals surface area contributed by atoms with Gasteiger partial charge in [-0.25, -0.2) is 4.57 Å².